The third-order valence-corrected chi connectivity index (χ3v) is 21.5. The lowest BCUT2D eigenvalue weighted by atomic mass is 10.1. The van der Waals surface area contributed by atoms with E-state index in [0.717, 1.165) is 74.0 Å². The van der Waals surface area contributed by atoms with Gasteiger partial charge in [-0.1, -0.05) is 42.0 Å². The summed E-state index contributed by atoms with van der Waals surface area (Å²) >= 11 is 0. The van der Waals surface area contributed by atoms with Gasteiger partial charge >= 0.3 is 0 Å². The number of pyridine rings is 1. The van der Waals surface area contributed by atoms with Gasteiger partial charge in [0.25, 0.3) is 29.5 Å². The summed E-state index contributed by atoms with van der Waals surface area (Å²) in [6.45, 7) is 10.3. The molecule has 12 aromatic rings. The summed E-state index contributed by atoms with van der Waals surface area (Å²) in [4.78, 5) is 59.2. The van der Waals surface area contributed by atoms with E-state index in [1.54, 1.807) is 125 Å². The fourth-order valence-corrected chi connectivity index (χ4v) is 15.3. The summed E-state index contributed by atoms with van der Waals surface area (Å²) < 4.78 is 57.4. The van der Waals surface area contributed by atoms with Crippen molar-refractivity contribution < 1.29 is 46.9 Å². The molecule has 4 fully saturated rings. The Morgan fingerprint density at radius 2 is 0.640 bits per heavy atom. The predicted octanol–water partition coefficient (Wildman–Crippen LogP) is 13.2. The molecule has 0 radical (unpaired) electrons. The SMILES string of the molecule is Cc1ccc(Oc2ccc(-c3nn(C4CCCN(C#N)C4)c(N)c3C(N)=O)cc2)c(F)c1.Cc1ccc(Oc2ccc(-c3nn(C4CCCN(C#N)C4)c(N)c3C(N)=O)cc2)cc1.Cc1cnc(Oc2ccc(-c3nn(C4CCCN(C#N)C4)c(N)c3C(N)=O)cc2)c(F)c1.N#CN1CCCC(n2nc(-c3ccc(Oc4ccccc4)cc3)c(C(N)=O)c2N)C1. The molecule has 638 valence electrons. The highest BCUT2D eigenvalue weighted by atomic mass is 19.1. The Morgan fingerprint density at radius 3 is 0.936 bits per heavy atom. The molecule has 4 saturated heterocycles. The number of likely N-dealkylation sites (tertiary alicyclic amines) is 4. The van der Waals surface area contributed by atoms with Crippen molar-refractivity contribution in [2.24, 2.45) is 22.9 Å². The van der Waals surface area contributed by atoms with E-state index in [1.165, 1.54) is 18.3 Å². The number of benzene rings is 7. The average Bonchev–Trinajstić information content (AvgIpc) is 1.64. The molecule has 33 nitrogen and oxygen atoms in total. The second-order valence-corrected chi connectivity index (χ2v) is 30.4. The first-order chi connectivity index (χ1) is 60.3. The highest BCUT2D eigenvalue weighted by Crippen LogP contribution is 2.40. The molecule has 0 saturated carbocycles. The van der Waals surface area contributed by atoms with Gasteiger partial charge in [0.15, 0.2) is 42.2 Å². The number of aryl methyl sites for hydroxylation is 3. The van der Waals surface area contributed by atoms with E-state index in [0.29, 0.717) is 126 Å². The number of carbonyl (C=O) groups is 4. The zero-order valence-corrected chi connectivity index (χ0v) is 68.7. The molecular weight excluding hydrogens is 1600 g/mol. The smallest absolute Gasteiger partial charge is 0.255 e. The number of hydrogen-bond acceptors (Lipinski definition) is 25. The summed E-state index contributed by atoms with van der Waals surface area (Å²) in [5, 5.41) is 55.3. The first-order valence-corrected chi connectivity index (χ1v) is 40.2. The highest BCUT2D eigenvalue weighted by Gasteiger charge is 2.34. The van der Waals surface area contributed by atoms with Crippen molar-refractivity contribution in [3.05, 3.63) is 233 Å². The maximum Gasteiger partial charge on any atom is 0.255 e. The molecular formula is C90H91F2N25O8. The summed E-state index contributed by atoms with van der Waals surface area (Å²) in [6.07, 6.45) is 16.7. The third kappa shape index (κ3) is 20.3. The van der Waals surface area contributed by atoms with Crippen LogP contribution < -0.4 is 64.8 Å². The monoisotopic (exact) mass is 1690 g/mol. The van der Waals surface area contributed by atoms with E-state index in [1.807, 2.05) is 97.9 Å². The molecule has 5 aromatic heterocycles. The van der Waals surface area contributed by atoms with E-state index in [9.17, 15) is 49.0 Å². The van der Waals surface area contributed by atoms with Crippen LogP contribution in [0.3, 0.4) is 0 Å². The minimum absolute atomic E-state index is 0.0917. The molecule has 9 heterocycles. The number of halogens is 2. The first-order valence-electron chi connectivity index (χ1n) is 40.2. The number of carbonyl (C=O) groups excluding carboxylic acids is 4. The molecule has 0 aliphatic carbocycles. The van der Waals surface area contributed by atoms with Crippen LogP contribution in [0.2, 0.25) is 0 Å². The number of aromatic nitrogens is 9. The van der Waals surface area contributed by atoms with E-state index in [4.69, 9.17) is 64.8 Å². The number of nitrogens with two attached hydrogens (primary N) is 8. The number of rotatable bonds is 20. The fraction of sp³-hybridized carbons (Fsp3) is 0.256. The van der Waals surface area contributed by atoms with Crippen LogP contribution in [0.1, 0.15) is 134 Å². The number of amides is 4. The standard InChI is InChI=1S/C23H23FN6O2.C23H24N6O2.C22H22FN7O2.C22H22N6O2/c1-14-4-9-19(18(24)11-14)32-17-7-5-15(6-8-17)21-20(23(27)31)22(26)30(28-21)16-3-2-10-29(12-16)13-25;1-15-4-8-18(9-5-15)31-19-10-6-16(7-11-19)21-20(23(26)30)22(25)29(27-21)17-3-2-12-28(13-17)14-24;1-13-9-17(23)22(27-10-13)32-16-6-4-14(5-7-16)19-18(21(26)31)20(25)30(28-19)15-3-2-8-29(11-15)12-24;23-14-27-12-4-5-16(13-27)28-21(24)19(22(25)29)20(26-28)15-8-10-18(11-9-15)30-17-6-2-1-3-7-17/h4-9,11,16H,2-3,10,12,26H2,1H3,(H2,27,31);4-11,17H,2-3,12-13,25H2,1H3,(H2,26,30);4-7,9-10,15H,2-3,8,11,25H2,1H3,(H2,26,31);1-3,6-11,16H,4-5,12-13,24H2,(H2,25,29). The molecule has 7 aromatic carbocycles. The second-order valence-electron chi connectivity index (χ2n) is 30.4. The number of para-hydroxylation sites is 1. The van der Waals surface area contributed by atoms with Crippen LogP contribution in [0.4, 0.5) is 32.1 Å². The zero-order chi connectivity index (χ0) is 88.7. The van der Waals surface area contributed by atoms with Crippen molar-refractivity contribution in [2.75, 3.05) is 75.3 Å². The molecule has 4 aliphatic rings. The van der Waals surface area contributed by atoms with Crippen molar-refractivity contribution in [3.8, 4) is 116 Å². The lowest BCUT2D eigenvalue weighted by Gasteiger charge is -2.29. The molecule has 4 aliphatic heterocycles. The molecule has 0 spiro atoms. The summed E-state index contributed by atoms with van der Waals surface area (Å²) in [7, 11) is 0. The molecule has 16 rings (SSSR count). The van der Waals surface area contributed by atoms with E-state index < -0.39 is 35.3 Å². The molecule has 35 heteroatoms. The van der Waals surface area contributed by atoms with Gasteiger partial charge in [0, 0.05) is 54.6 Å². The Hall–Kier alpha value is -16.2. The minimum atomic E-state index is -0.692. The van der Waals surface area contributed by atoms with E-state index >= 15 is 0 Å². The quantitative estimate of drug-likeness (QED) is 0.0329. The van der Waals surface area contributed by atoms with Gasteiger partial charge < -0.3 is 84.4 Å². The van der Waals surface area contributed by atoms with Crippen LogP contribution in [0.25, 0.3) is 45.0 Å². The number of nitrogen functional groups attached to an aromatic ring is 4. The number of piperidine rings is 4. The second kappa shape index (κ2) is 38.9. The van der Waals surface area contributed by atoms with Crippen molar-refractivity contribution in [3.63, 3.8) is 0 Å². The van der Waals surface area contributed by atoms with Crippen molar-refractivity contribution in [2.45, 2.75) is 96.3 Å². The number of ether oxygens (including phenoxy) is 4. The van der Waals surface area contributed by atoms with Crippen molar-refractivity contribution in [1.29, 1.82) is 21.0 Å². The van der Waals surface area contributed by atoms with E-state index in [2.05, 4.69) is 50.2 Å². The number of hydrogen-bond donors (Lipinski definition) is 8. The summed E-state index contributed by atoms with van der Waals surface area (Å²) in [6, 6.07) is 50.7. The van der Waals surface area contributed by atoms with Gasteiger partial charge in [0.1, 0.15) is 103 Å². The Bertz CT molecular complexity index is 5900. The van der Waals surface area contributed by atoms with Gasteiger partial charge in [-0.25, -0.2) is 32.5 Å². The maximum atomic E-state index is 14.1. The molecule has 0 bridgehead atoms. The van der Waals surface area contributed by atoms with Gasteiger partial charge in [-0.2, -0.15) is 41.4 Å². The Labute approximate surface area is 718 Å². The zero-order valence-electron chi connectivity index (χ0n) is 68.7. The van der Waals surface area contributed by atoms with Crippen LogP contribution >= 0.6 is 0 Å². The lowest BCUT2D eigenvalue weighted by molar-refractivity contribution is 0.0993. The van der Waals surface area contributed by atoms with Crippen LogP contribution in [-0.2, 0) is 0 Å². The molecule has 125 heavy (non-hydrogen) atoms. The Kier molecular flexibility index (Phi) is 27.0. The number of anilines is 4. The van der Waals surface area contributed by atoms with Gasteiger partial charge in [0.2, 0.25) is 0 Å². The van der Waals surface area contributed by atoms with Crippen LogP contribution in [0.5, 0.6) is 46.1 Å². The van der Waals surface area contributed by atoms with Crippen LogP contribution in [0.15, 0.2) is 182 Å². The predicted molar refractivity (Wildman–Crippen MR) is 462 cm³/mol. The largest absolute Gasteiger partial charge is 0.457 e. The van der Waals surface area contributed by atoms with Gasteiger partial charge in [-0.15, -0.1) is 0 Å². The number of nitrogens with zero attached hydrogens (tertiary/aromatic N) is 17. The average molecular weight is 1690 g/mol. The Morgan fingerprint density at radius 1 is 0.360 bits per heavy atom. The molecule has 16 N–H and O–H groups in total. The van der Waals surface area contributed by atoms with Crippen LogP contribution in [0, 0.1) is 78.2 Å². The van der Waals surface area contributed by atoms with Crippen molar-refractivity contribution >= 4 is 46.9 Å². The molecule has 4 amide bonds. The van der Waals surface area contributed by atoms with Crippen molar-refractivity contribution in [1.82, 2.24) is 63.7 Å². The van der Waals surface area contributed by atoms with E-state index in [-0.39, 0.29) is 81.3 Å². The number of nitriles is 4. The minimum Gasteiger partial charge on any atom is -0.457 e. The normalized spacial score (nSPS) is 16.0. The van der Waals surface area contributed by atoms with Gasteiger partial charge in [0.05, 0.1) is 50.3 Å². The molecule has 4 atom stereocenters. The number of primary amides is 4. The highest BCUT2D eigenvalue weighted by molar-refractivity contribution is 6.05. The summed E-state index contributed by atoms with van der Waals surface area (Å²) in [5.41, 5.74) is 55.0. The molecule has 4 unspecified atom stereocenters. The van der Waals surface area contributed by atoms with Gasteiger partial charge in [-0.3, -0.25) is 19.2 Å². The third-order valence-electron chi connectivity index (χ3n) is 21.5. The Balaban J connectivity index is 0.000000143. The maximum absolute atomic E-state index is 14.1. The fourth-order valence-electron chi connectivity index (χ4n) is 15.3. The van der Waals surface area contributed by atoms with Gasteiger partial charge in [-0.05, 0) is 223 Å². The lowest BCUT2D eigenvalue weighted by Crippen LogP contribution is -2.34. The van der Waals surface area contributed by atoms with Crippen LogP contribution in [-0.4, -0.2) is 140 Å². The topological polar surface area (TPSA) is 506 Å². The first kappa shape index (κ1) is 86.7. The summed E-state index contributed by atoms with van der Waals surface area (Å²) in [5.74, 6) is 0.749.